The first-order valence-corrected chi connectivity index (χ1v) is 8.43. The number of hydrogen-bond donors (Lipinski definition) is 0. The highest BCUT2D eigenvalue weighted by molar-refractivity contribution is 7.99. The predicted octanol–water partition coefficient (Wildman–Crippen LogP) is 3.96. The first-order chi connectivity index (χ1) is 10.3. The summed E-state index contributed by atoms with van der Waals surface area (Å²) < 4.78 is 17.2. The van der Waals surface area contributed by atoms with Gasteiger partial charge in [0.2, 0.25) is 0 Å². The van der Waals surface area contributed by atoms with Crippen molar-refractivity contribution in [2.24, 2.45) is 4.99 Å². The standard InChI is InChI=1S/C17H22N2O2S/c1-12-15(13(2)21-19-12)16(14-9-7-6-8-10-14)18-11-22(20)17(3,4)5/h6-11,16H,1-5H3. The number of aliphatic imine (C=N–C) groups is 1. The van der Waals surface area contributed by atoms with Crippen LogP contribution in [0, 0.1) is 13.8 Å². The lowest BCUT2D eigenvalue weighted by atomic mass is 9.98. The van der Waals surface area contributed by atoms with E-state index < -0.39 is 10.8 Å². The Labute approximate surface area is 134 Å². The van der Waals surface area contributed by atoms with Crippen LogP contribution in [-0.2, 0) is 10.8 Å². The summed E-state index contributed by atoms with van der Waals surface area (Å²) in [6.07, 6.45) is 0. The Morgan fingerprint density at radius 1 is 1.23 bits per heavy atom. The Kier molecular flexibility index (Phi) is 4.96. The van der Waals surface area contributed by atoms with E-state index in [0.717, 1.165) is 22.6 Å². The van der Waals surface area contributed by atoms with E-state index in [1.54, 1.807) is 5.55 Å². The molecule has 0 amide bonds. The van der Waals surface area contributed by atoms with Crippen LogP contribution in [0.1, 0.15) is 49.4 Å². The Balaban J connectivity index is 2.44. The summed E-state index contributed by atoms with van der Waals surface area (Å²) in [5.41, 5.74) is 4.32. The van der Waals surface area contributed by atoms with E-state index in [4.69, 9.17) is 4.52 Å². The smallest absolute Gasteiger partial charge is 0.139 e. The van der Waals surface area contributed by atoms with Crippen molar-refractivity contribution in [2.45, 2.75) is 45.4 Å². The second-order valence-corrected chi connectivity index (χ2v) is 8.25. The lowest BCUT2D eigenvalue weighted by Gasteiger charge is -2.16. The Bertz CT molecular complexity index is 665. The molecule has 1 aromatic carbocycles. The second kappa shape index (κ2) is 6.57. The third-order valence-corrected chi connectivity index (χ3v) is 4.91. The van der Waals surface area contributed by atoms with Gasteiger partial charge in [-0.3, -0.25) is 9.20 Å². The SMILES string of the molecule is Cc1noc(C)c1C(N=CS(=O)C(C)(C)C)c1ccccc1. The minimum Gasteiger partial charge on any atom is -0.361 e. The second-order valence-electron chi connectivity index (χ2n) is 6.22. The summed E-state index contributed by atoms with van der Waals surface area (Å²) in [5.74, 6) is 0.741. The summed E-state index contributed by atoms with van der Waals surface area (Å²) >= 11 is 0. The van der Waals surface area contributed by atoms with Crippen molar-refractivity contribution >= 4 is 16.3 Å². The van der Waals surface area contributed by atoms with Crippen LogP contribution in [0.4, 0.5) is 0 Å². The highest BCUT2D eigenvalue weighted by Gasteiger charge is 2.23. The molecule has 2 aromatic rings. The van der Waals surface area contributed by atoms with Crippen molar-refractivity contribution in [2.75, 3.05) is 0 Å². The summed E-state index contributed by atoms with van der Waals surface area (Å²) in [5, 5.41) is 4.01. The van der Waals surface area contributed by atoms with Gasteiger partial charge in [-0.2, -0.15) is 0 Å². The number of hydrogen-bond acceptors (Lipinski definition) is 4. The van der Waals surface area contributed by atoms with Crippen molar-refractivity contribution in [3.05, 3.63) is 52.9 Å². The van der Waals surface area contributed by atoms with Crippen LogP contribution < -0.4 is 0 Å². The molecule has 0 aliphatic rings. The van der Waals surface area contributed by atoms with E-state index in [-0.39, 0.29) is 10.8 Å². The van der Waals surface area contributed by atoms with E-state index >= 15 is 0 Å². The van der Waals surface area contributed by atoms with Gasteiger partial charge in [0.25, 0.3) is 0 Å². The maximum atomic E-state index is 12.3. The first-order valence-electron chi connectivity index (χ1n) is 7.22. The summed E-state index contributed by atoms with van der Waals surface area (Å²) in [6.45, 7) is 9.58. The molecule has 1 heterocycles. The fraction of sp³-hybridized carbons (Fsp3) is 0.412. The predicted molar refractivity (Wildman–Crippen MR) is 90.6 cm³/mol. The molecule has 22 heavy (non-hydrogen) atoms. The summed E-state index contributed by atoms with van der Waals surface area (Å²) in [7, 11) is -1.15. The van der Waals surface area contributed by atoms with Crippen LogP contribution >= 0.6 is 0 Å². The van der Waals surface area contributed by atoms with E-state index in [1.807, 2.05) is 65.0 Å². The van der Waals surface area contributed by atoms with Crippen LogP contribution in [0.2, 0.25) is 0 Å². The van der Waals surface area contributed by atoms with Crippen molar-refractivity contribution in [1.29, 1.82) is 0 Å². The molecule has 5 heteroatoms. The van der Waals surface area contributed by atoms with Gasteiger partial charge < -0.3 is 4.52 Å². The maximum Gasteiger partial charge on any atom is 0.139 e. The number of aryl methyl sites for hydroxylation is 2. The van der Waals surface area contributed by atoms with Crippen molar-refractivity contribution in [3.63, 3.8) is 0 Å². The number of aromatic nitrogens is 1. The van der Waals surface area contributed by atoms with Gasteiger partial charge >= 0.3 is 0 Å². The lowest BCUT2D eigenvalue weighted by molar-refractivity contribution is 0.392. The molecule has 2 atom stereocenters. The molecule has 0 saturated carbocycles. The van der Waals surface area contributed by atoms with E-state index in [2.05, 4.69) is 10.1 Å². The molecule has 118 valence electrons. The van der Waals surface area contributed by atoms with Gasteiger partial charge in [-0.05, 0) is 40.2 Å². The molecular weight excluding hydrogens is 296 g/mol. The topological polar surface area (TPSA) is 55.5 Å². The minimum absolute atomic E-state index is 0.251. The molecule has 2 unspecified atom stereocenters. The maximum absolute atomic E-state index is 12.3. The van der Waals surface area contributed by atoms with Crippen LogP contribution in [0.3, 0.4) is 0 Å². The van der Waals surface area contributed by atoms with Gasteiger partial charge in [0.15, 0.2) is 0 Å². The zero-order valence-corrected chi connectivity index (χ0v) is 14.5. The molecule has 0 N–H and O–H groups in total. The summed E-state index contributed by atoms with van der Waals surface area (Å²) in [4.78, 5) is 4.60. The molecule has 2 rings (SSSR count). The quantitative estimate of drug-likeness (QED) is 0.633. The highest BCUT2D eigenvalue weighted by atomic mass is 32.2. The number of nitrogens with zero attached hydrogens (tertiary/aromatic N) is 2. The van der Waals surface area contributed by atoms with Gasteiger partial charge in [-0.1, -0.05) is 35.5 Å². The molecule has 4 nitrogen and oxygen atoms in total. The van der Waals surface area contributed by atoms with Crippen LogP contribution in [0.15, 0.2) is 39.8 Å². The van der Waals surface area contributed by atoms with E-state index in [0.29, 0.717) is 0 Å². The Morgan fingerprint density at radius 2 is 1.86 bits per heavy atom. The normalized spacial score (nSPS) is 15.1. The fourth-order valence-electron chi connectivity index (χ4n) is 2.12. The van der Waals surface area contributed by atoms with Gasteiger partial charge in [0.1, 0.15) is 11.8 Å². The zero-order chi connectivity index (χ0) is 16.3. The van der Waals surface area contributed by atoms with Crippen molar-refractivity contribution in [1.82, 2.24) is 5.16 Å². The molecule has 0 fully saturated rings. The van der Waals surface area contributed by atoms with Crippen molar-refractivity contribution in [3.8, 4) is 0 Å². The lowest BCUT2D eigenvalue weighted by Crippen LogP contribution is -2.22. The van der Waals surface area contributed by atoms with E-state index in [1.165, 1.54) is 0 Å². The summed E-state index contributed by atoms with van der Waals surface area (Å²) in [6, 6.07) is 9.67. The molecular formula is C17H22N2O2S. The number of benzene rings is 1. The van der Waals surface area contributed by atoms with Gasteiger partial charge in [0, 0.05) is 10.3 Å². The third kappa shape index (κ3) is 3.71. The molecule has 0 aliphatic carbocycles. The average Bonchev–Trinajstić information content (AvgIpc) is 2.79. The fourth-order valence-corrected chi connectivity index (χ4v) is 2.67. The largest absolute Gasteiger partial charge is 0.361 e. The monoisotopic (exact) mass is 318 g/mol. The Morgan fingerprint density at radius 3 is 2.36 bits per heavy atom. The molecule has 0 bridgehead atoms. The van der Waals surface area contributed by atoms with Crippen molar-refractivity contribution < 1.29 is 8.73 Å². The highest BCUT2D eigenvalue weighted by Crippen LogP contribution is 2.31. The van der Waals surface area contributed by atoms with E-state index in [9.17, 15) is 4.21 Å². The minimum atomic E-state index is -1.15. The average molecular weight is 318 g/mol. The number of rotatable bonds is 4. The van der Waals surface area contributed by atoms with Crippen LogP contribution in [0.5, 0.6) is 0 Å². The van der Waals surface area contributed by atoms with Crippen LogP contribution in [-0.4, -0.2) is 19.7 Å². The van der Waals surface area contributed by atoms with Crippen LogP contribution in [0.25, 0.3) is 0 Å². The third-order valence-electron chi connectivity index (χ3n) is 3.39. The molecule has 0 spiro atoms. The van der Waals surface area contributed by atoms with Gasteiger partial charge in [-0.15, -0.1) is 0 Å². The molecule has 0 aliphatic heterocycles. The molecule has 0 saturated heterocycles. The first kappa shape index (κ1) is 16.6. The molecule has 1 aromatic heterocycles. The zero-order valence-electron chi connectivity index (χ0n) is 13.7. The van der Waals surface area contributed by atoms with Gasteiger partial charge in [0.05, 0.1) is 22.0 Å². The molecule has 0 radical (unpaired) electrons. The Hall–Kier alpha value is -1.75. The van der Waals surface area contributed by atoms with Gasteiger partial charge in [-0.25, -0.2) is 0 Å².